The Kier molecular flexibility index (Phi) is 7.10. The van der Waals surface area contributed by atoms with Crippen LogP contribution >= 0.6 is 0 Å². The van der Waals surface area contributed by atoms with Gasteiger partial charge in [-0.05, 0) is 56.4 Å². The van der Waals surface area contributed by atoms with Crippen molar-refractivity contribution in [2.45, 2.75) is 38.6 Å². The number of nitrogens with one attached hydrogen (secondary N) is 1. The monoisotopic (exact) mass is 432 g/mol. The van der Waals surface area contributed by atoms with E-state index in [-0.39, 0.29) is 23.7 Å². The van der Waals surface area contributed by atoms with E-state index in [1.54, 1.807) is 18.3 Å². The van der Waals surface area contributed by atoms with Gasteiger partial charge in [-0.1, -0.05) is 42.5 Å². The van der Waals surface area contributed by atoms with Gasteiger partial charge in [-0.2, -0.15) is 0 Å². The fourth-order valence-electron chi connectivity index (χ4n) is 4.15. The largest absolute Gasteiger partial charge is 0.356 e. The molecule has 1 saturated heterocycles. The summed E-state index contributed by atoms with van der Waals surface area (Å²) in [5.74, 6) is 0.981. The maximum absolute atomic E-state index is 13.6. The first-order valence-corrected chi connectivity index (χ1v) is 11.3. The summed E-state index contributed by atoms with van der Waals surface area (Å²) in [4.78, 5) is 24.0. The molecule has 6 heteroatoms. The van der Waals surface area contributed by atoms with Crippen LogP contribution in [0.4, 0.5) is 10.2 Å². The van der Waals surface area contributed by atoms with Crippen LogP contribution in [0, 0.1) is 11.7 Å². The Morgan fingerprint density at radius 2 is 2.03 bits per heavy atom. The lowest BCUT2D eigenvalue weighted by Gasteiger charge is -2.33. The fourth-order valence-corrected chi connectivity index (χ4v) is 4.15. The van der Waals surface area contributed by atoms with E-state index in [9.17, 15) is 9.18 Å². The maximum atomic E-state index is 13.6. The summed E-state index contributed by atoms with van der Waals surface area (Å²) < 4.78 is 13.6. The third kappa shape index (κ3) is 5.69. The number of hydrogen-bond acceptors (Lipinski definition) is 4. The van der Waals surface area contributed by atoms with Crippen molar-refractivity contribution in [2.75, 3.05) is 18.0 Å². The molecule has 2 aromatic carbocycles. The van der Waals surface area contributed by atoms with Crippen LogP contribution in [0.25, 0.3) is 11.4 Å². The minimum absolute atomic E-state index is 0.0736. The van der Waals surface area contributed by atoms with E-state index in [1.807, 2.05) is 24.3 Å². The van der Waals surface area contributed by atoms with Gasteiger partial charge < -0.3 is 10.2 Å². The van der Waals surface area contributed by atoms with E-state index < -0.39 is 0 Å². The number of aromatic nitrogens is 2. The summed E-state index contributed by atoms with van der Waals surface area (Å²) in [7, 11) is 0. The molecule has 1 aromatic heterocycles. The molecule has 1 aliphatic heterocycles. The number of anilines is 1. The Hall–Kier alpha value is -3.28. The van der Waals surface area contributed by atoms with Gasteiger partial charge in [-0.25, -0.2) is 14.4 Å². The zero-order valence-electron chi connectivity index (χ0n) is 18.4. The SMILES string of the molecule is C[C@H](CCc1ccccc1)NC(=O)[C@H]1CCCN(c2ccnc(-c3cccc(F)c3)n2)C1. The van der Waals surface area contributed by atoms with E-state index >= 15 is 0 Å². The van der Waals surface area contributed by atoms with Gasteiger partial charge in [0.1, 0.15) is 11.6 Å². The van der Waals surface area contributed by atoms with Crippen molar-refractivity contribution in [3.05, 3.63) is 78.2 Å². The van der Waals surface area contributed by atoms with E-state index in [0.29, 0.717) is 17.9 Å². The van der Waals surface area contributed by atoms with Crippen molar-refractivity contribution < 1.29 is 9.18 Å². The second-order valence-electron chi connectivity index (χ2n) is 8.47. The van der Waals surface area contributed by atoms with Gasteiger partial charge in [0.05, 0.1) is 5.92 Å². The lowest BCUT2D eigenvalue weighted by Crippen LogP contribution is -2.45. The van der Waals surface area contributed by atoms with Gasteiger partial charge >= 0.3 is 0 Å². The first kappa shape index (κ1) is 21.9. The molecule has 32 heavy (non-hydrogen) atoms. The van der Waals surface area contributed by atoms with Gasteiger partial charge in [0, 0.05) is 30.9 Å². The number of halogens is 1. The Morgan fingerprint density at radius 3 is 2.84 bits per heavy atom. The topological polar surface area (TPSA) is 58.1 Å². The third-order valence-corrected chi connectivity index (χ3v) is 5.94. The second kappa shape index (κ2) is 10.4. The number of amides is 1. The highest BCUT2D eigenvalue weighted by Gasteiger charge is 2.27. The van der Waals surface area contributed by atoms with Crippen LogP contribution in [-0.2, 0) is 11.2 Å². The molecule has 3 aromatic rings. The predicted octanol–water partition coefficient (Wildman–Crippen LogP) is 4.64. The van der Waals surface area contributed by atoms with Crippen LogP contribution in [0.15, 0.2) is 66.9 Å². The fraction of sp³-hybridized carbons (Fsp3) is 0.346. The Bertz CT molecular complexity index is 1040. The number of hydrogen-bond donors (Lipinski definition) is 1. The van der Waals surface area contributed by atoms with E-state index in [2.05, 4.69) is 39.2 Å². The van der Waals surface area contributed by atoms with Crippen LogP contribution < -0.4 is 10.2 Å². The van der Waals surface area contributed by atoms with Crippen LogP contribution in [-0.4, -0.2) is 35.0 Å². The summed E-state index contributed by atoms with van der Waals surface area (Å²) in [6.07, 6.45) is 5.35. The Balaban J connectivity index is 1.36. The van der Waals surface area contributed by atoms with Crippen molar-refractivity contribution >= 4 is 11.7 Å². The molecule has 2 heterocycles. The van der Waals surface area contributed by atoms with Crippen LogP contribution in [0.2, 0.25) is 0 Å². The molecule has 0 saturated carbocycles. The molecule has 0 unspecified atom stereocenters. The molecule has 0 aliphatic carbocycles. The molecule has 1 aliphatic rings. The standard InChI is InChI=1S/C26H29FN4O/c1-19(12-13-20-7-3-2-4-8-20)29-26(32)22-10-6-16-31(18-22)24-14-15-28-25(30-24)21-9-5-11-23(27)17-21/h2-5,7-9,11,14-15,17,19,22H,6,10,12-13,16,18H2,1H3,(H,29,32)/t19-,22+/m1/s1. The first-order chi connectivity index (χ1) is 15.6. The number of benzene rings is 2. The lowest BCUT2D eigenvalue weighted by atomic mass is 9.96. The average Bonchev–Trinajstić information content (AvgIpc) is 2.83. The van der Waals surface area contributed by atoms with Crippen LogP contribution in [0.3, 0.4) is 0 Å². The quantitative estimate of drug-likeness (QED) is 0.591. The highest BCUT2D eigenvalue weighted by molar-refractivity contribution is 5.79. The Morgan fingerprint density at radius 1 is 1.19 bits per heavy atom. The first-order valence-electron chi connectivity index (χ1n) is 11.3. The molecular weight excluding hydrogens is 403 g/mol. The second-order valence-corrected chi connectivity index (χ2v) is 8.47. The predicted molar refractivity (Wildman–Crippen MR) is 125 cm³/mol. The molecule has 0 spiro atoms. The zero-order valence-corrected chi connectivity index (χ0v) is 18.4. The zero-order chi connectivity index (χ0) is 22.3. The van der Waals surface area contributed by atoms with Crippen molar-refractivity contribution in [1.29, 1.82) is 0 Å². The summed E-state index contributed by atoms with van der Waals surface area (Å²) >= 11 is 0. The minimum atomic E-state index is -0.312. The minimum Gasteiger partial charge on any atom is -0.356 e. The number of carbonyl (C=O) groups is 1. The van der Waals surface area contributed by atoms with Gasteiger partial charge in [0.15, 0.2) is 5.82 Å². The summed E-state index contributed by atoms with van der Waals surface area (Å²) in [5, 5.41) is 3.20. The summed E-state index contributed by atoms with van der Waals surface area (Å²) in [5.41, 5.74) is 1.93. The van der Waals surface area contributed by atoms with Crippen LogP contribution in [0.5, 0.6) is 0 Å². The van der Waals surface area contributed by atoms with Crippen molar-refractivity contribution in [2.24, 2.45) is 5.92 Å². The molecule has 0 radical (unpaired) electrons. The summed E-state index contributed by atoms with van der Waals surface area (Å²) in [6.45, 7) is 3.53. The number of aryl methyl sites for hydroxylation is 1. The average molecular weight is 433 g/mol. The number of carbonyl (C=O) groups excluding carboxylic acids is 1. The Labute approximate surface area is 188 Å². The molecule has 4 rings (SSSR count). The summed E-state index contributed by atoms with van der Waals surface area (Å²) in [6, 6.07) is 18.6. The third-order valence-electron chi connectivity index (χ3n) is 5.94. The van der Waals surface area contributed by atoms with E-state index in [4.69, 9.17) is 0 Å². The highest BCUT2D eigenvalue weighted by Crippen LogP contribution is 2.24. The van der Waals surface area contributed by atoms with Crippen molar-refractivity contribution in [3.8, 4) is 11.4 Å². The van der Waals surface area contributed by atoms with Gasteiger partial charge in [0.25, 0.3) is 0 Å². The molecule has 2 atom stereocenters. The molecule has 1 N–H and O–H groups in total. The van der Waals surface area contributed by atoms with E-state index in [0.717, 1.165) is 38.0 Å². The molecule has 1 amide bonds. The molecule has 1 fully saturated rings. The molecule has 0 bridgehead atoms. The normalized spacial score (nSPS) is 17.1. The van der Waals surface area contributed by atoms with Crippen molar-refractivity contribution in [3.63, 3.8) is 0 Å². The van der Waals surface area contributed by atoms with Gasteiger partial charge in [0.2, 0.25) is 5.91 Å². The van der Waals surface area contributed by atoms with Gasteiger partial charge in [-0.3, -0.25) is 4.79 Å². The van der Waals surface area contributed by atoms with Gasteiger partial charge in [-0.15, -0.1) is 0 Å². The van der Waals surface area contributed by atoms with Crippen LogP contribution in [0.1, 0.15) is 31.7 Å². The maximum Gasteiger partial charge on any atom is 0.225 e. The number of rotatable bonds is 7. The lowest BCUT2D eigenvalue weighted by molar-refractivity contribution is -0.125. The van der Waals surface area contributed by atoms with Crippen molar-refractivity contribution in [1.82, 2.24) is 15.3 Å². The molecule has 5 nitrogen and oxygen atoms in total. The number of piperidine rings is 1. The smallest absolute Gasteiger partial charge is 0.225 e. The molecule has 166 valence electrons. The van der Waals surface area contributed by atoms with E-state index in [1.165, 1.54) is 17.7 Å². The number of nitrogens with zero attached hydrogens (tertiary/aromatic N) is 3. The molecular formula is C26H29FN4O. The highest BCUT2D eigenvalue weighted by atomic mass is 19.1.